The summed E-state index contributed by atoms with van der Waals surface area (Å²) in [5.74, 6) is -0.0704. The summed E-state index contributed by atoms with van der Waals surface area (Å²) in [6.07, 6.45) is 6.16. The smallest absolute Gasteiger partial charge is 0.242 e. The number of hydrogen-bond acceptors (Lipinski definition) is 2. The molecule has 0 fully saturated rings. The van der Waals surface area contributed by atoms with Crippen LogP contribution in [-0.4, -0.2) is 35.8 Å². The molecule has 0 radical (unpaired) electrons. The third kappa shape index (κ3) is 8.62. The van der Waals surface area contributed by atoms with E-state index < -0.39 is 0 Å². The van der Waals surface area contributed by atoms with Gasteiger partial charge in [-0.3, -0.25) is 9.59 Å². The average molecular weight is 270 g/mol. The number of hydrogen-bond donors (Lipinski definition) is 1. The summed E-state index contributed by atoms with van der Waals surface area (Å²) in [6, 6.07) is 0. The van der Waals surface area contributed by atoms with Crippen LogP contribution in [0.15, 0.2) is 0 Å². The Morgan fingerprint density at radius 3 is 2.16 bits per heavy atom. The van der Waals surface area contributed by atoms with E-state index in [9.17, 15) is 9.59 Å². The van der Waals surface area contributed by atoms with Crippen LogP contribution in [0.5, 0.6) is 0 Å². The molecule has 0 bridgehead atoms. The molecule has 1 N–H and O–H groups in total. The Morgan fingerprint density at radius 1 is 1.05 bits per heavy atom. The van der Waals surface area contributed by atoms with E-state index in [0.29, 0.717) is 6.42 Å². The van der Waals surface area contributed by atoms with Gasteiger partial charge in [-0.25, -0.2) is 0 Å². The SMILES string of the molecule is CCCCCCCC(=O)NCC(=O)N(C)C(C)(C)C. The van der Waals surface area contributed by atoms with Crippen molar-refractivity contribution in [1.82, 2.24) is 10.2 Å². The highest BCUT2D eigenvalue weighted by Gasteiger charge is 2.22. The van der Waals surface area contributed by atoms with Crippen molar-refractivity contribution in [2.24, 2.45) is 0 Å². The number of unbranched alkanes of at least 4 members (excludes halogenated alkanes) is 4. The van der Waals surface area contributed by atoms with Gasteiger partial charge in [0.2, 0.25) is 11.8 Å². The molecule has 0 aliphatic heterocycles. The fourth-order valence-electron chi connectivity index (χ4n) is 1.64. The number of amides is 2. The first-order valence-corrected chi connectivity index (χ1v) is 7.32. The second-order valence-corrected chi connectivity index (χ2v) is 6.06. The summed E-state index contributed by atoms with van der Waals surface area (Å²) in [7, 11) is 1.76. The van der Waals surface area contributed by atoms with E-state index in [1.165, 1.54) is 19.3 Å². The Labute approximate surface area is 117 Å². The number of carbonyl (C=O) groups is 2. The largest absolute Gasteiger partial charge is 0.347 e. The number of carbonyl (C=O) groups excluding carboxylic acids is 2. The van der Waals surface area contributed by atoms with Crippen LogP contribution in [-0.2, 0) is 9.59 Å². The molecule has 0 aliphatic rings. The van der Waals surface area contributed by atoms with Gasteiger partial charge in [-0.1, -0.05) is 32.6 Å². The lowest BCUT2D eigenvalue weighted by molar-refractivity contribution is -0.135. The lowest BCUT2D eigenvalue weighted by Crippen LogP contribution is -2.47. The molecule has 0 aromatic carbocycles. The molecule has 0 spiro atoms. The van der Waals surface area contributed by atoms with Crippen LogP contribution < -0.4 is 5.32 Å². The summed E-state index contributed by atoms with van der Waals surface area (Å²) in [6.45, 7) is 8.19. The zero-order chi connectivity index (χ0) is 14.9. The van der Waals surface area contributed by atoms with E-state index in [1.807, 2.05) is 20.8 Å². The quantitative estimate of drug-likeness (QED) is 0.689. The summed E-state index contributed by atoms with van der Waals surface area (Å²) in [5, 5.41) is 2.70. The summed E-state index contributed by atoms with van der Waals surface area (Å²) in [4.78, 5) is 25.1. The number of nitrogens with one attached hydrogen (secondary N) is 1. The van der Waals surface area contributed by atoms with E-state index in [0.717, 1.165) is 12.8 Å². The average Bonchev–Trinajstić information content (AvgIpc) is 2.33. The van der Waals surface area contributed by atoms with E-state index in [1.54, 1.807) is 11.9 Å². The van der Waals surface area contributed by atoms with Gasteiger partial charge in [0.1, 0.15) is 0 Å². The molecule has 0 saturated heterocycles. The van der Waals surface area contributed by atoms with Gasteiger partial charge in [0.15, 0.2) is 0 Å². The van der Waals surface area contributed by atoms with Crippen molar-refractivity contribution in [2.75, 3.05) is 13.6 Å². The van der Waals surface area contributed by atoms with Gasteiger partial charge in [-0.15, -0.1) is 0 Å². The molecular weight excluding hydrogens is 240 g/mol. The molecule has 4 nitrogen and oxygen atoms in total. The highest BCUT2D eigenvalue weighted by atomic mass is 16.2. The minimum Gasteiger partial charge on any atom is -0.347 e. The molecule has 0 unspecified atom stereocenters. The van der Waals surface area contributed by atoms with Crippen LogP contribution in [0.3, 0.4) is 0 Å². The molecule has 0 rings (SSSR count). The van der Waals surface area contributed by atoms with Gasteiger partial charge in [0.25, 0.3) is 0 Å². The van der Waals surface area contributed by atoms with Gasteiger partial charge in [0.05, 0.1) is 6.54 Å². The van der Waals surface area contributed by atoms with E-state index in [4.69, 9.17) is 0 Å². The number of rotatable bonds is 8. The van der Waals surface area contributed by atoms with Crippen molar-refractivity contribution in [3.63, 3.8) is 0 Å². The molecule has 112 valence electrons. The second kappa shape index (κ2) is 8.94. The van der Waals surface area contributed by atoms with Gasteiger partial charge in [-0.2, -0.15) is 0 Å². The molecule has 0 saturated carbocycles. The standard InChI is InChI=1S/C15H30N2O2/c1-6-7-8-9-10-11-13(18)16-12-14(19)17(5)15(2,3)4/h6-12H2,1-5H3,(H,16,18). The maximum atomic E-state index is 11.8. The molecule has 0 atom stereocenters. The van der Waals surface area contributed by atoms with Crippen molar-refractivity contribution in [3.8, 4) is 0 Å². The number of nitrogens with zero attached hydrogens (tertiary/aromatic N) is 1. The van der Waals surface area contributed by atoms with E-state index >= 15 is 0 Å². The first-order valence-electron chi connectivity index (χ1n) is 7.32. The van der Waals surface area contributed by atoms with Crippen molar-refractivity contribution < 1.29 is 9.59 Å². The van der Waals surface area contributed by atoms with Crippen molar-refractivity contribution in [3.05, 3.63) is 0 Å². The highest BCUT2D eigenvalue weighted by Crippen LogP contribution is 2.10. The molecular formula is C15H30N2O2. The maximum absolute atomic E-state index is 11.8. The summed E-state index contributed by atoms with van der Waals surface area (Å²) >= 11 is 0. The number of likely N-dealkylation sites (N-methyl/N-ethyl adjacent to an activating group) is 1. The predicted molar refractivity (Wildman–Crippen MR) is 78.9 cm³/mol. The second-order valence-electron chi connectivity index (χ2n) is 6.06. The Kier molecular flexibility index (Phi) is 8.44. The van der Waals surface area contributed by atoms with Crippen molar-refractivity contribution in [1.29, 1.82) is 0 Å². The topological polar surface area (TPSA) is 49.4 Å². The summed E-state index contributed by atoms with van der Waals surface area (Å²) in [5.41, 5.74) is -0.206. The van der Waals surface area contributed by atoms with Crippen molar-refractivity contribution >= 4 is 11.8 Å². The monoisotopic (exact) mass is 270 g/mol. The summed E-state index contributed by atoms with van der Waals surface area (Å²) < 4.78 is 0. The van der Waals surface area contributed by atoms with Crippen LogP contribution in [0.1, 0.15) is 66.2 Å². The minimum absolute atomic E-state index is 0.0212. The zero-order valence-corrected chi connectivity index (χ0v) is 13.2. The maximum Gasteiger partial charge on any atom is 0.242 e. The predicted octanol–water partition coefficient (Wildman–Crippen LogP) is 2.72. The minimum atomic E-state index is -0.206. The van der Waals surface area contributed by atoms with Crippen molar-refractivity contribution in [2.45, 2.75) is 71.8 Å². The fourth-order valence-corrected chi connectivity index (χ4v) is 1.64. The lowest BCUT2D eigenvalue weighted by atomic mass is 10.1. The Morgan fingerprint density at radius 2 is 1.63 bits per heavy atom. The first kappa shape index (κ1) is 17.9. The third-order valence-corrected chi connectivity index (χ3v) is 3.32. The van der Waals surface area contributed by atoms with Crippen LogP contribution in [0.25, 0.3) is 0 Å². The molecule has 19 heavy (non-hydrogen) atoms. The zero-order valence-electron chi connectivity index (χ0n) is 13.2. The van der Waals surface area contributed by atoms with Gasteiger partial charge in [0, 0.05) is 19.0 Å². The van der Waals surface area contributed by atoms with Crippen LogP contribution in [0.2, 0.25) is 0 Å². The first-order chi connectivity index (χ1) is 8.79. The molecule has 4 heteroatoms. The van der Waals surface area contributed by atoms with Gasteiger partial charge >= 0.3 is 0 Å². The molecule has 0 heterocycles. The highest BCUT2D eigenvalue weighted by molar-refractivity contribution is 5.84. The fraction of sp³-hybridized carbons (Fsp3) is 0.867. The Balaban J connectivity index is 3.76. The molecule has 2 amide bonds. The Hall–Kier alpha value is -1.06. The molecule has 0 aromatic rings. The lowest BCUT2D eigenvalue weighted by Gasteiger charge is -2.32. The molecule has 0 aromatic heterocycles. The van der Waals surface area contributed by atoms with Gasteiger partial charge < -0.3 is 10.2 Å². The van der Waals surface area contributed by atoms with E-state index in [-0.39, 0.29) is 23.9 Å². The molecule has 0 aliphatic carbocycles. The van der Waals surface area contributed by atoms with E-state index in [2.05, 4.69) is 12.2 Å². The van der Waals surface area contributed by atoms with Crippen LogP contribution >= 0.6 is 0 Å². The normalized spacial score (nSPS) is 11.2. The third-order valence-electron chi connectivity index (χ3n) is 3.32. The Bertz CT molecular complexity index is 282. The van der Waals surface area contributed by atoms with Crippen LogP contribution in [0.4, 0.5) is 0 Å². The van der Waals surface area contributed by atoms with Crippen LogP contribution in [0, 0.1) is 0 Å². The van der Waals surface area contributed by atoms with Gasteiger partial charge in [-0.05, 0) is 27.2 Å².